The first-order valence-corrected chi connectivity index (χ1v) is 7.99. The van der Waals surface area contributed by atoms with Crippen LogP contribution in [-0.2, 0) is 0 Å². The van der Waals surface area contributed by atoms with Gasteiger partial charge in [-0.15, -0.1) is 0 Å². The van der Waals surface area contributed by atoms with Gasteiger partial charge in [0, 0.05) is 0 Å². The van der Waals surface area contributed by atoms with Crippen molar-refractivity contribution in [3.63, 3.8) is 0 Å². The van der Waals surface area contributed by atoms with Gasteiger partial charge in [0.2, 0.25) is 0 Å². The first-order chi connectivity index (χ1) is 9.80. The molecule has 0 aliphatic heterocycles. The second-order valence-corrected chi connectivity index (χ2v) is 7.66. The molecule has 0 amide bonds. The third-order valence-corrected chi connectivity index (χ3v) is 5.16. The molecule has 0 aromatic heterocycles. The highest BCUT2D eigenvalue weighted by Gasteiger charge is 2.44. The molecule has 2 nitrogen and oxygen atoms in total. The van der Waals surface area contributed by atoms with Gasteiger partial charge < -0.3 is 5.11 Å². The van der Waals surface area contributed by atoms with Crippen molar-refractivity contribution < 1.29 is 5.11 Å². The average Bonchev–Trinajstić information content (AvgIpc) is 2.47. The second-order valence-electron chi connectivity index (χ2n) is 7.66. The largest absolute Gasteiger partial charge is 0.387 e. The van der Waals surface area contributed by atoms with E-state index < -0.39 is 11.5 Å². The topological polar surface area (TPSA) is 44.0 Å². The van der Waals surface area contributed by atoms with Crippen molar-refractivity contribution in [2.45, 2.75) is 65.4 Å². The number of aliphatic hydroxyl groups excluding tert-OH is 1. The molecule has 1 aromatic rings. The fourth-order valence-corrected chi connectivity index (χ4v) is 3.20. The Morgan fingerprint density at radius 3 is 1.90 bits per heavy atom. The Balaban J connectivity index is 2.21. The number of hydrogen-bond donors (Lipinski definition) is 1. The highest BCUT2D eigenvalue weighted by atomic mass is 16.3. The minimum absolute atomic E-state index is 0.293. The van der Waals surface area contributed by atoms with Gasteiger partial charge in [-0.25, -0.2) is 0 Å². The molecule has 0 spiro atoms. The lowest BCUT2D eigenvalue weighted by molar-refractivity contribution is 0.00955. The van der Waals surface area contributed by atoms with E-state index in [9.17, 15) is 10.4 Å². The van der Waals surface area contributed by atoms with E-state index in [0.29, 0.717) is 11.3 Å². The summed E-state index contributed by atoms with van der Waals surface area (Å²) >= 11 is 0. The average molecular weight is 285 g/mol. The van der Waals surface area contributed by atoms with Crippen LogP contribution in [0.2, 0.25) is 0 Å². The Morgan fingerprint density at radius 1 is 1.00 bits per heavy atom. The molecule has 1 aliphatic carbocycles. The van der Waals surface area contributed by atoms with Crippen molar-refractivity contribution in [3.8, 4) is 6.07 Å². The summed E-state index contributed by atoms with van der Waals surface area (Å²) in [6.07, 6.45) is 2.89. The summed E-state index contributed by atoms with van der Waals surface area (Å²) in [6.45, 7) is 8.81. The number of hydrogen-bond acceptors (Lipinski definition) is 2. The van der Waals surface area contributed by atoms with E-state index in [1.165, 1.54) is 5.56 Å². The van der Waals surface area contributed by atoms with Crippen LogP contribution in [0.3, 0.4) is 0 Å². The lowest BCUT2D eigenvalue weighted by Crippen LogP contribution is -2.35. The fraction of sp³-hybridized carbons (Fsp3) is 0.632. The van der Waals surface area contributed by atoms with Crippen LogP contribution >= 0.6 is 0 Å². The summed E-state index contributed by atoms with van der Waals surface area (Å²) in [5.74, 6) is 0.483. The van der Waals surface area contributed by atoms with Crippen molar-refractivity contribution in [2.24, 2.45) is 10.8 Å². The Hall–Kier alpha value is -1.33. The van der Waals surface area contributed by atoms with Gasteiger partial charge in [0.25, 0.3) is 0 Å². The molecule has 21 heavy (non-hydrogen) atoms. The molecule has 2 rings (SSSR count). The SMILES string of the molecule is CC(C)c1ccc(C(O)C2(C#N)CCC(C)(C)CC2)cc1. The van der Waals surface area contributed by atoms with Crippen LogP contribution in [0.15, 0.2) is 24.3 Å². The Labute approximate surface area is 128 Å². The van der Waals surface area contributed by atoms with Gasteiger partial charge in [0.1, 0.15) is 0 Å². The molecule has 2 heteroatoms. The summed E-state index contributed by atoms with van der Waals surface area (Å²) in [7, 11) is 0. The Kier molecular flexibility index (Phi) is 4.44. The smallest absolute Gasteiger partial charge is 0.0976 e. The van der Waals surface area contributed by atoms with Crippen molar-refractivity contribution in [2.75, 3.05) is 0 Å². The molecular formula is C19H27NO. The Morgan fingerprint density at radius 2 is 1.48 bits per heavy atom. The molecule has 1 unspecified atom stereocenters. The van der Waals surface area contributed by atoms with E-state index in [-0.39, 0.29) is 0 Å². The standard InChI is InChI=1S/C19H27NO/c1-14(2)15-5-7-16(8-6-15)17(21)19(13-20)11-9-18(3,4)10-12-19/h5-8,14,17,21H,9-12H2,1-4H3. The number of nitriles is 1. The number of rotatable bonds is 3. The van der Waals surface area contributed by atoms with Crippen molar-refractivity contribution in [1.82, 2.24) is 0 Å². The van der Waals surface area contributed by atoms with E-state index in [4.69, 9.17) is 0 Å². The molecule has 114 valence electrons. The third kappa shape index (κ3) is 3.30. The van der Waals surface area contributed by atoms with Gasteiger partial charge in [-0.2, -0.15) is 5.26 Å². The van der Waals surface area contributed by atoms with Crippen LogP contribution in [0.1, 0.15) is 76.5 Å². The maximum Gasteiger partial charge on any atom is 0.0976 e. The number of benzene rings is 1. The van der Waals surface area contributed by atoms with Crippen LogP contribution in [0, 0.1) is 22.2 Å². The van der Waals surface area contributed by atoms with E-state index in [1.54, 1.807) is 0 Å². The summed E-state index contributed by atoms with van der Waals surface area (Å²) in [5.41, 5.74) is 1.82. The van der Waals surface area contributed by atoms with Gasteiger partial charge in [0.15, 0.2) is 0 Å². The molecule has 1 aromatic carbocycles. The highest BCUT2D eigenvalue weighted by Crippen LogP contribution is 2.50. The predicted molar refractivity (Wildman–Crippen MR) is 85.8 cm³/mol. The zero-order valence-electron chi connectivity index (χ0n) is 13.7. The zero-order chi connectivity index (χ0) is 15.7. The predicted octanol–water partition coefficient (Wildman–Crippen LogP) is 4.95. The first-order valence-electron chi connectivity index (χ1n) is 7.99. The van der Waals surface area contributed by atoms with E-state index in [1.807, 2.05) is 12.1 Å². The van der Waals surface area contributed by atoms with Gasteiger partial charge in [-0.05, 0) is 48.1 Å². The van der Waals surface area contributed by atoms with Gasteiger partial charge in [0.05, 0.1) is 17.6 Å². The van der Waals surface area contributed by atoms with Crippen LogP contribution < -0.4 is 0 Å². The second kappa shape index (κ2) is 5.81. The summed E-state index contributed by atoms with van der Waals surface area (Å²) in [5, 5.41) is 20.4. The fourth-order valence-electron chi connectivity index (χ4n) is 3.20. The number of nitrogens with zero attached hydrogens (tertiary/aromatic N) is 1. The summed E-state index contributed by atoms with van der Waals surface area (Å²) < 4.78 is 0. The molecule has 1 N–H and O–H groups in total. The van der Waals surface area contributed by atoms with E-state index in [2.05, 4.69) is 45.9 Å². The third-order valence-electron chi connectivity index (χ3n) is 5.16. The lowest BCUT2D eigenvalue weighted by atomic mass is 9.62. The van der Waals surface area contributed by atoms with Crippen LogP contribution in [0.25, 0.3) is 0 Å². The highest BCUT2D eigenvalue weighted by molar-refractivity contribution is 5.29. The van der Waals surface area contributed by atoms with Gasteiger partial charge in [-0.3, -0.25) is 0 Å². The zero-order valence-corrected chi connectivity index (χ0v) is 13.7. The normalized spacial score (nSPS) is 21.8. The van der Waals surface area contributed by atoms with Crippen LogP contribution in [0.4, 0.5) is 0 Å². The molecule has 0 heterocycles. The van der Waals surface area contributed by atoms with E-state index in [0.717, 1.165) is 31.2 Å². The van der Waals surface area contributed by atoms with Crippen molar-refractivity contribution >= 4 is 0 Å². The van der Waals surface area contributed by atoms with Gasteiger partial charge >= 0.3 is 0 Å². The maximum absolute atomic E-state index is 10.8. The summed E-state index contributed by atoms with van der Waals surface area (Å²) in [6, 6.07) is 10.6. The lowest BCUT2D eigenvalue weighted by Gasteiger charge is -2.42. The number of aliphatic hydroxyl groups is 1. The maximum atomic E-state index is 10.8. The molecular weight excluding hydrogens is 258 g/mol. The molecule has 1 saturated carbocycles. The van der Waals surface area contributed by atoms with Gasteiger partial charge in [-0.1, -0.05) is 52.0 Å². The molecule has 0 radical (unpaired) electrons. The molecule has 1 atom stereocenters. The van der Waals surface area contributed by atoms with E-state index >= 15 is 0 Å². The molecule has 1 fully saturated rings. The first kappa shape index (κ1) is 16.0. The van der Waals surface area contributed by atoms with Crippen molar-refractivity contribution in [3.05, 3.63) is 35.4 Å². The quantitative estimate of drug-likeness (QED) is 0.853. The summed E-state index contributed by atoms with van der Waals surface area (Å²) in [4.78, 5) is 0. The minimum Gasteiger partial charge on any atom is -0.387 e. The molecule has 1 aliphatic rings. The van der Waals surface area contributed by atoms with Crippen molar-refractivity contribution in [1.29, 1.82) is 5.26 Å². The van der Waals surface area contributed by atoms with Crippen LogP contribution in [0.5, 0.6) is 0 Å². The van der Waals surface area contributed by atoms with Crippen LogP contribution in [-0.4, -0.2) is 5.11 Å². The minimum atomic E-state index is -0.681. The molecule has 0 saturated heterocycles. The Bertz CT molecular complexity index is 511. The monoisotopic (exact) mass is 285 g/mol. The molecule has 0 bridgehead atoms.